The summed E-state index contributed by atoms with van der Waals surface area (Å²) >= 11 is 6.20. The van der Waals surface area contributed by atoms with Crippen LogP contribution in [0.1, 0.15) is 46.5 Å². The Balaban J connectivity index is 2.65. The number of ether oxygens (including phenoxy) is 1. The molecule has 1 rings (SSSR count). The van der Waals surface area contributed by atoms with Crippen molar-refractivity contribution in [2.75, 3.05) is 12.4 Å². The van der Waals surface area contributed by atoms with Crippen molar-refractivity contribution < 1.29 is 14.6 Å². The molecule has 0 aliphatic heterocycles. The van der Waals surface area contributed by atoms with Crippen molar-refractivity contribution in [3.8, 4) is 0 Å². The monoisotopic (exact) mass is 330 g/mol. The number of rotatable bonds is 6. The van der Waals surface area contributed by atoms with E-state index in [2.05, 4.69) is 20.4 Å². The van der Waals surface area contributed by atoms with E-state index >= 15 is 0 Å². The molecule has 2 atom stereocenters. The number of thiocarbonyl (C=S) groups is 1. The lowest BCUT2D eigenvalue weighted by Crippen LogP contribution is -2.49. The number of hydrogen-bond donors (Lipinski definition) is 1. The van der Waals surface area contributed by atoms with E-state index in [0.717, 1.165) is 12.8 Å². The average molecular weight is 331 g/mol. The second kappa shape index (κ2) is 7.75. The molecule has 1 aliphatic carbocycles. The lowest BCUT2D eigenvalue weighted by atomic mass is 9.62. The number of allylic oxidation sites excluding steroid dienone is 1. The largest absolute Gasteiger partial charge is 0.479 e. The summed E-state index contributed by atoms with van der Waals surface area (Å²) in [5.41, 5.74) is -1.09. The molecule has 1 saturated carbocycles. The van der Waals surface area contributed by atoms with Crippen LogP contribution in [0.25, 0.3) is 0 Å². The minimum Gasteiger partial charge on any atom is -0.479 e. The highest BCUT2D eigenvalue weighted by Crippen LogP contribution is 2.47. The molecule has 1 N–H and O–H groups in total. The van der Waals surface area contributed by atoms with Crippen LogP contribution in [0.2, 0.25) is 0 Å². The summed E-state index contributed by atoms with van der Waals surface area (Å²) in [7, 11) is 0. The van der Waals surface area contributed by atoms with E-state index in [9.17, 15) is 9.90 Å². The molecule has 1 fully saturated rings. The Morgan fingerprint density at radius 3 is 2.76 bits per heavy atom. The van der Waals surface area contributed by atoms with Crippen molar-refractivity contribution >= 4 is 34.1 Å². The van der Waals surface area contributed by atoms with Gasteiger partial charge in [0.15, 0.2) is 5.78 Å². The first-order valence-corrected chi connectivity index (χ1v) is 8.80. The molecule has 3 nitrogen and oxygen atoms in total. The van der Waals surface area contributed by atoms with Crippen LogP contribution < -0.4 is 0 Å². The van der Waals surface area contributed by atoms with Crippen LogP contribution >= 0.6 is 24.0 Å². The van der Waals surface area contributed by atoms with Gasteiger partial charge < -0.3 is 9.84 Å². The zero-order chi connectivity index (χ0) is 16.1. The van der Waals surface area contributed by atoms with Gasteiger partial charge in [-0.25, -0.2) is 0 Å². The fourth-order valence-electron chi connectivity index (χ4n) is 2.79. The van der Waals surface area contributed by atoms with Crippen molar-refractivity contribution in [1.82, 2.24) is 0 Å². The number of carbonyl (C=O) groups excluding carboxylic acids is 1. The van der Waals surface area contributed by atoms with Crippen LogP contribution in [-0.4, -0.2) is 33.2 Å². The first-order valence-electron chi connectivity index (χ1n) is 7.41. The van der Waals surface area contributed by atoms with Gasteiger partial charge >= 0.3 is 0 Å². The first kappa shape index (κ1) is 18.7. The summed E-state index contributed by atoms with van der Waals surface area (Å²) in [6.45, 7) is 10.5. The molecule has 5 heteroatoms. The molecule has 0 bridgehead atoms. The molecule has 0 aromatic heterocycles. The number of aliphatic hydroxyl groups is 1. The van der Waals surface area contributed by atoms with E-state index in [4.69, 9.17) is 17.0 Å². The summed E-state index contributed by atoms with van der Waals surface area (Å²) in [6.07, 6.45) is 4.57. The highest BCUT2D eigenvalue weighted by atomic mass is 32.2. The van der Waals surface area contributed by atoms with Crippen LogP contribution in [0.3, 0.4) is 0 Å². The molecule has 0 aromatic carbocycles. The molecule has 0 heterocycles. The predicted molar refractivity (Wildman–Crippen MR) is 92.6 cm³/mol. The summed E-state index contributed by atoms with van der Waals surface area (Å²) < 4.78 is 5.52. The molecule has 0 amide bonds. The Morgan fingerprint density at radius 1 is 1.52 bits per heavy atom. The summed E-state index contributed by atoms with van der Waals surface area (Å²) in [6, 6.07) is 0. The zero-order valence-corrected chi connectivity index (χ0v) is 14.8. The lowest BCUT2D eigenvalue weighted by molar-refractivity contribution is -0.143. The fraction of sp³-hybridized carbons (Fsp3) is 0.750. The standard InChI is InChI=1S/C16H26O3S2/c1-5-7-12-10-16(18,9-8-15(12,3)4)13(17)11-21-14(20)19-6-2/h5,12,18H,1,6-11H2,2-4H3/t12-,16+/m1/s1. The van der Waals surface area contributed by atoms with Crippen LogP contribution in [0, 0.1) is 11.3 Å². The maximum absolute atomic E-state index is 12.4. The Morgan fingerprint density at radius 2 is 2.19 bits per heavy atom. The number of ketones is 1. The quantitative estimate of drug-likeness (QED) is 0.594. The Kier molecular flexibility index (Phi) is 6.88. The lowest BCUT2D eigenvalue weighted by Gasteiger charge is -2.45. The zero-order valence-electron chi connectivity index (χ0n) is 13.2. The van der Waals surface area contributed by atoms with E-state index < -0.39 is 5.60 Å². The normalized spacial score (nSPS) is 27.9. The van der Waals surface area contributed by atoms with Crippen LogP contribution in [0.5, 0.6) is 0 Å². The molecule has 0 aromatic rings. The molecule has 21 heavy (non-hydrogen) atoms. The second-order valence-electron chi connectivity index (χ2n) is 6.34. The topological polar surface area (TPSA) is 46.5 Å². The van der Waals surface area contributed by atoms with Gasteiger partial charge in [-0.3, -0.25) is 4.79 Å². The third kappa shape index (κ3) is 5.08. The van der Waals surface area contributed by atoms with Crippen molar-refractivity contribution in [2.45, 2.75) is 52.1 Å². The Labute approximate surface area is 137 Å². The highest BCUT2D eigenvalue weighted by molar-refractivity contribution is 8.23. The smallest absolute Gasteiger partial charge is 0.220 e. The second-order valence-corrected chi connectivity index (χ2v) is 7.92. The molecule has 0 radical (unpaired) electrons. The van der Waals surface area contributed by atoms with Crippen LogP contribution in [-0.2, 0) is 9.53 Å². The van der Waals surface area contributed by atoms with Crippen LogP contribution in [0.15, 0.2) is 12.7 Å². The van der Waals surface area contributed by atoms with Crippen molar-refractivity contribution in [2.24, 2.45) is 11.3 Å². The minimum atomic E-state index is -1.22. The van der Waals surface area contributed by atoms with Gasteiger partial charge in [-0.15, -0.1) is 6.58 Å². The summed E-state index contributed by atoms with van der Waals surface area (Å²) in [4.78, 5) is 12.4. The molecule has 120 valence electrons. The third-order valence-corrected chi connectivity index (χ3v) is 5.66. The van der Waals surface area contributed by atoms with Gasteiger partial charge in [0.25, 0.3) is 0 Å². The van der Waals surface area contributed by atoms with Gasteiger partial charge in [0.1, 0.15) is 5.60 Å². The van der Waals surface area contributed by atoms with Gasteiger partial charge in [-0.2, -0.15) is 0 Å². The average Bonchev–Trinajstić information content (AvgIpc) is 2.41. The van der Waals surface area contributed by atoms with E-state index in [-0.39, 0.29) is 22.9 Å². The van der Waals surface area contributed by atoms with Crippen molar-refractivity contribution in [1.29, 1.82) is 0 Å². The summed E-state index contributed by atoms with van der Waals surface area (Å²) in [5.74, 6) is 0.317. The first-order chi connectivity index (χ1) is 9.75. The number of Topliss-reactive ketones (excluding diaryl/α,β-unsaturated/α-hetero) is 1. The number of carbonyl (C=O) groups is 1. The van der Waals surface area contributed by atoms with E-state index in [1.165, 1.54) is 11.8 Å². The highest BCUT2D eigenvalue weighted by Gasteiger charge is 2.46. The predicted octanol–water partition coefficient (Wildman–Crippen LogP) is 3.74. The van der Waals surface area contributed by atoms with E-state index in [0.29, 0.717) is 23.8 Å². The number of hydrogen-bond acceptors (Lipinski definition) is 5. The van der Waals surface area contributed by atoms with Crippen molar-refractivity contribution in [3.05, 3.63) is 12.7 Å². The SMILES string of the molecule is C=CC[C@@H]1C[C@](O)(C(=O)CSC(=S)OCC)CCC1(C)C. The van der Waals surface area contributed by atoms with Crippen molar-refractivity contribution in [3.63, 3.8) is 0 Å². The molecule has 0 spiro atoms. The minimum absolute atomic E-state index is 0.133. The van der Waals surface area contributed by atoms with E-state index in [1.54, 1.807) is 0 Å². The molecule has 1 aliphatic rings. The number of thioether (sulfide) groups is 1. The maximum atomic E-state index is 12.4. The van der Waals surface area contributed by atoms with Gasteiger partial charge in [0.2, 0.25) is 4.38 Å². The van der Waals surface area contributed by atoms with Crippen LogP contribution in [0.4, 0.5) is 0 Å². The fourth-order valence-corrected chi connectivity index (χ4v) is 3.81. The van der Waals surface area contributed by atoms with Gasteiger partial charge in [0.05, 0.1) is 12.4 Å². The van der Waals surface area contributed by atoms with Gasteiger partial charge in [0, 0.05) is 0 Å². The van der Waals surface area contributed by atoms with E-state index in [1.807, 2.05) is 13.0 Å². The third-order valence-electron chi connectivity index (χ3n) is 4.43. The Bertz CT molecular complexity index is 406. The Hall–Kier alpha value is -0.390. The molecular formula is C16H26O3S2. The molecule has 0 saturated heterocycles. The van der Waals surface area contributed by atoms with Gasteiger partial charge in [-0.05, 0) is 56.2 Å². The molecule has 0 unspecified atom stereocenters. The maximum Gasteiger partial charge on any atom is 0.220 e. The summed E-state index contributed by atoms with van der Waals surface area (Å²) in [5, 5.41) is 10.7. The van der Waals surface area contributed by atoms with Gasteiger partial charge in [-0.1, -0.05) is 31.7 Å². The molecular weight excluding hydrogens is 304 g/mol.